The van der Waals surface area contributed by atoms with E-state index in [0.717, 1.165) is 43.3 Å². The molecule has 4 nitrogen and oxygen atoms in total. The Kier molecular flexibility index (Phi) is 7.48. The smallest absolute Gasteiger partial charge is 0.225 e. The van der Waals surface area contributed by atoms with Crippen LogP contribution in [0.4, 0.5) is 0 Å². The zero-order valence-corrected chi connectivity index (χ0v) is 12.8. The second-order valence-corrected chi connectivity index (χ2v) is 6.69. The zero-order valence-electron chi connectivity index (χ0n) is 12.8. The van der Waals surface area contributed by atoms with E-state index in [9.17, 15) is 4.79 Å². The molecule has 108 valence electrons. The number of unbranched alkanes of at least 4 members (excludes halogenated alkanes) is 1. The van der Waals surface area contributed by atoms with Gasteiger partial charge in [0, 0.05) is 25.0 Å². The molecule has 18 heavy (non-hydrogen) atoms. The van der Waals surface area contributed by atoms with Crippen LogP contribution in [-0.4, -0.2) is 56.3 Å². The monoisotopic (exact) mass is 259 g/mol. The first-order valence-corrected chi connectivity index (χ1v) is 6.89. The van der Waals surface area contributed by atoms with Gasteiger partial charge in [-0.25, -0.2) is 0 Å². The number of amides is 1. The lowest BCUT2D eigenvalue weighted by Gasteiger charge is -2.25. The third-order valence-corrected chi connectivity index (χ3v) is 3.12. The van der Waals surface area contributed by atoms with Crippen molar-refractivity contribution in [1.82, 2.24) is 5.32 Å². The largest absolute Gasteiger partial charge is 0.396 e. The highest BCUT2D eigenvalue weighted by Gasteiger charge is 2.26. The average molecular weight is 259 g/mol. The molecule has 2 N–H and O–H groups in total. The summed E-state index contributed by atoms with van der Waals surface area (Å²) in [5, 5.41) is 11.8. The molecule has 1 amide bonds. The zero-order chi connectivity index (χ0) is 14.2. The van der Waals surface area contributed by atoms with Gasteiger partial charge in [-0.1, -0.05) is 20.3 Å². The van der Waals surface area contributed by atoms with Gasteiger partial charge >= 0.3 is 0 Å². The summed E-state index contributed by atoms with van der Waals surface area (Å²) in [4.78, 5) is 12.0. The molecule has 0 saturated heterocycles. The fourth-order valence-electron chi connectivity index (χ4n) is 1.79. The minimum absolute atomic E-state index is 0.127. The number of nitrogens with one attached hydrogen (secondary N) is 1. The van der Waals surface area contributed by atoms with Crippen LogP contribution in [0, 0.1) is 5.41 Å². The molecular weight excluding hydrogens is 228 g/mol. The number of carbonyl (C=O) groups is 1. The molecule has 0 radical (unpaired) electrons. The third-order valence-electron chi connectivity index (χ3n) is 3.12. The fourth-order valence-corrected chi connectivity index (χ4v) is 1.79. The first kappa shape index (κ1) is 17.4. The van der Waals surface area contributed by atoms with Crippen molar-refractivity contribution in [3.8, 4) is 0 Å². The first-order chi connectivity index (χ1) is 8.19. The Labute approximate surface area is 112 Å². The molecule has 0 aromatic heterocycles. The van der Waals surface area contributed by atoms with Crippen LogP contribution >= 0.6 is 0 Å². The van der Waals surface area contributed by atoms with Crippen molar-refractivity contribution in [3.05, 3.63) is 0 Å². The molecule has 0 aromatic rings. The molecular formula is C14H31N2O2+. The van der Waals surface area contributed by atoms with Crippen molar-refractivity contribution in [2.24, 2.45) is 5.41 Å². The van der Waals surface area contributed by atoms with E-state index in [4.69, 9.17) is 5.11 Å². The van der Waals surface area contributed by atoms with Gasteiger partial charge in [0.25, 0.3) is 0 Å². The molecule has 0 heterocycles. The number of hydrogen-bond donors (Lipinski definition) is 2. The number of quaternary nitrogens is 1. The maximum atomic E-state index is 12.0. The Morgan fingerprint density at radius 1 is 1.17 bits per heavy atom. The van der Waals surface area contributed by atoms with Gasteiger partial charge in [0.05, 0.1) is 27.7 Å². The lowest BCUT2D eigenvalue weighted by Crippen LogP contribution is -2.40. The number of carbonyl (C=O) groups excluding carboxylic acids is 1. The summed E-state index contributed by atoms with van der Waals surface area (Å²) in [6, 6.07) is 0. The van der Waals surface area contributed by atoms with E-state index in [-0.39, 0.29) is 17.9 Å². The van der Waals surface area contributed by atoms with Gasteiger partial charge in [0.15, 0.2) is 0 Å². The third kappa shape index (κ3) is 8.48. The predicted molar refractivity (Wildman–Crippen MR) is 75.2 cm³/mol. The number of aliphatic hydroxyl groups is 1. The van der Waals surface area contributed by atoms with Crippen molar-refractivity contribution < 1.29 is 14.4 Å². The van der Waals surface area contributed by atoms with Crippen LogP contribution in [0.15, 0.2) is 0 Å². The van der Waals surface area contributed by atoms with Crippen molar-refractivity contribution in [2.75, 3.05) is 40.8 Å². The summed E-state index contributed by atoms with van der Waals surface area (Å²) in [7, 11) is 6.46. The van der Waals surface area contributed by atoms with Crippen LogP contribution in [0.25, 0.3) is 0 Å². The van der Waals surface area contributed by atoms with Crippen LogP contribution < -0.4 is 5.32 Å². The molecule has 0 aliphatic rings. The van der Waals surface area contributed by atoms with E-state index in [0.29, 0.717) is 0 Å². The molecule has 0 saturated carbocycles. The molecule has 0 aromatic carbocycles. The van der Waals surface area contributed by atoms with Gasteiger partial charge in [-0.2, -0.15) is 0 Å². The first-order valence-electron chi connectivity index (χ1n) is 6.89. The van der Waals surface area contributed by atoms with Crippen LogP contribution in [0.3, 0.4) is 0 Å². The Morgan fingerprint density at radius 3 is 2.28 bits per heavy atom. The normalized spacial score (nSPS) is 12.6. The molecule has 0 fully saturated rings. The van der Waals surface area contributed by atoms with E-state index >= 15 is 0 Å². The lowest BCUT2D eigenvalue weighted by molar-refractivity contribution is -0.870. The fraction of sp³-hybridized carbons (Fsp3) is 0.929. The van der Waals surface area contributed by atoms with Gasteiger partial charge in [0.1, 0.15) is 0 Å². The number of aliphatic hydroxyl groups excluding tert-OH is 1. The SMILES string of the molecule is CC(C)(CCCCO)C(=O)NCCC[N+](C)(C)C. The second kappa shape index (κ2) is 7.74. The highest BCUT2D eigenvalue weighted by molar-refractivity contribution is 5.81. The van der Waals surface area contributed by atoms with E-state index in [1.807, 2.05) is 13.8 Å². The van der Waals surface area contributed by atoms with E-state index in [1.54, 1.807) is 0 Å². The molecule has 0 spiro atoms. The molecule has 0 atom stereocenters. The van der Waals surface area contributed by atoms with Gasteiger partial charge in [0.2, 0.25) is 5.91 Å². The van der Waals surface area contributed by atoms with Crippen LogP contribution in [0.1, 0.15) is 39.5 Å². The van der Waals surface area contributed by atoms with Gasteiger partial charge < -0.3 is 14.9 Å². The van der Waals surface area contributed by atoms with Crippen LogP contribution in [0.5, 0.6) is 0 Å². The van der Waals surface area contributed by atoms with Crippen molar-refractivity contribution in [2.45, 2.75) is 39.5 Å². The quantitative estimate of drug-likeness (QED) is 0.485. The van der Waals surface area contributed by atoms with E-state index in [1.165, 1.54) is 0 Å². The molecule has 0 unspecified atom stereocenters. The molecule has 0 aliphatic carbocycles. The Balaban J connectivity index is 3.85. The molecule has 4 heteroatoms. The Hall–Kier alpha value is -0.610. The lowest BCUT2D eigenvalue weighted by atomic mass is 9.86. The summed E-state index contributed by atoms with van der Waals surface area (Å²) in [6.45, 7) is 5.96. The summed E-state index contributed by atoms with van der Waals surface area (Å²) in [5.41, 5.74) is -0.328. The van der Waals surface area contributed by atoms with Crippen molar-refractivity contribution in [3.63, 3.8) is 0 Å². The Bertz CT molecular complexity index is 245. The van der Waals surface area contributed by atoms with E-state index in [2.05, 4.69) is 26.5 Å². The molecule has 0 rings (SSSR count). The number of hydrogen-bond acceptors (Lipinski definition) is 2. The van der Waals surface area contributed by atoms with Crippen molar-refractivity contribution in [1.29, 1.82) is 0 Å². The summed E-state index contributed by atoms with van der Waals surface area (Å²) < 4.78 is 0.926. The number of rotatable bonds is 9. The number of nitrogens with zero attached hydrogens (tertiary/aromatic N) is 1. The summed E-state index contributed by atoms with van der Waals surface area (Å²) in [5.74, 6) is 0.127. The van der Waals surface area contributed by atoms with Crippen LogP contribution in [-0.2, 0) is 4.79 Å². The summed E-state index contributed by atoms with van der Waals surface area (Å²) in [6.07, 6.45) is 3.50. The predicted octanol–water partition coefficient (Wildman–Crippen LogP) is 1.39. The van der Waals surface area contributed by atoms with E-state index < -0.39 is 0 Å². The second-order valence-electron chi connectivity index (χ2n) is 6.69. The Morgan fingerprint density at radius 2 is 1.78 bits per heavy atom. The highest BCUT2D eigenvalue weighted by Crippen LogP contribution is 2.23. The minimum atomic E-state index is -0.328. The summed E-state index contributed by atoms with van der Waals surface area (Å²) >= 11 is 0. The topological polar surface area (TPSA) is 49.3 Å². The average Bonchev–Trinajstić information content (AvgIpc) is 2.23. The maximum absolute atomic E-state index is 12.0. The maximum Gasteiger partial charge on any atom is 0.225 e. The molecule has 0 aliphatic heterocycles. The standard InChI is InChI=1S/C14H30N2O2/c1-14(2,9-6-7-12-17)13(18)15-10-8-11-16(3,4)5/h17H,6-12H2,1-5H3/p+1. The molecule has 0 bridgehead atoms. The van der Waals surface area contributed by atoms with Gasteiger partial charge in [-0.05, 0) is 12.8 Å². The van der Waals surface area contributed by atoms with Gasteiger partial charge in [-0.15, -0.1) is 0 Å². The van der Waals surface area contributed by atoms with Crippen molar-refractivity contribution >= 4 is 5.91 Å². The van der Waals surface area contributed by atoms with Gasteiger partial charge in [-0.3, -0.25) is 4.79 Å². The minimum Gasteiger partial charge on any atom is -0.396 e. The van der Waals surface area contributed by atoms with Crippen LogP contribution in [0.2, 0.25) is 0 Å². The highest BCUT2D eigenvalue weighted by atomic mass is 16.2.